The van der Waals surface area contributed by atoms with Gasteiger partial charge < -0.3 is 15.5 Å². The molecule has 1 heterocycles. The number of carbonyl (C=O) groups is 2. The maximum Gasteiger partial charge on any atom is 0.309 e. The van der Waals surface area contributed by atoms with E-state index >= 15 is 0 Å². The molecule has 0 aliphatic rings. The van der Waals surface area contributed by atoms with Crippen LogP contribution in [0.4, 0.5) is 5.13 Å². The minimum atomic E-state index is -0.881. The van der Waals surface area contributed by atoms with E-state index in [0.29, 0.717) is 12.1 Å². The van der Waals surface area contributed by atoms with Crippen LogP contribution >= 0.6 is 11.3 Å². The molecular weight excluding hydrogens is 268 g/mol. The molecule has 0 radical (unpaired) electrons. The molecule has 0 aliphatic carbocycles. The summed E-state index contributed by atoms with van der Waals surface area (Å²) in [5.41, 5.74) is 0.603. The molecule has 6 nitrogen and oxygen atoms in total. The standard InChI is InChI=1S/C12H18N2O4S/c1-8-9(7-11(17)18)14-12(19-8)13-6-4-2-3-5-10(15)16/h2-7H2,1H3,(H,13,14)(H,15,16)(H,17,18). The Kier molecular flexibility index (Phi) is 6.27. The Balaban J connectivity index is 2.26. The summed E-state index contributed by atoms with van der Waals surface area (Å²) in [7, 11) is 0. The van der Waals surface area contributed by atoms with E-state index in [1.807, 2.05) is 6.92 Å². The average molecular weight is 286 g/mol. The van der Waals surface area contributed by atoms with E-state index in [9.17, 15) is 9.59 Å². The molecule has 0 aliphatic heterocycles. The van der Waals surface area contributed by atoms with Gasteiger partial charge in [-0.1, -0.05) is 6.42 Å². The van der Waals surface area contributed by atoms with Gasteiger partial charge in [0.15, 0.2) is 5.13 Å². The zero-order valence-electron chi connectivity index (χ0n) is 10.8. The van der Waals surface area contributed by atoms with E-state index in [0.717, 1.165) is 29.4 Å². The molecule has 0 saturated carbocycles. The van der Waals surface area contributed by atoms with Crippen LogP contribution in [0.1, 0.15) is 36.3 Å². The first-order valence-electron chi connectivity index (χ1n) is 6.13. The Hall–Kier alpha value is -1.63. The fourth-order valence-electron chi connectivity index (χ4n) is 1.58. The third kappa shape index (κ3) is 6.19. The molecule has 0 saturated heterocycles. The van der Waals surface area contributed by atoms with Gasteiger partial charge in [-0.15, -0.1) is 11.3 Å². The largest absolute Gasteiger partial charge is 0.481 e. The predicted octanol–water partition coefficient (Wildman–Crippen LogP) is 2.14. The predicted molar refractivity (Wildman–Crippen MR) is 72.8 cm³/mol. The van der Waals surface area contributed by atoms with Gasteiger partial charge in [-0.05, 0) is 19.8 Å². The number of thiazole rings is 1. The lowest BCUT2D eigenvalue weighted by molar-refractivity contribution is -0.137. The van der Waals surface area contributed by atoms with Gasteiger partial charge in [0.2, 0.25) is 0 Å². The molecule has 1 aromatic rings. The molecule has 106 valence electrons. The lowest BCUT2D eigenvalue weighted by Crippen LogP contribution is -2.04. The summed E-state index contributed by atoms with van der Waals surface area (Å²) in [6.45, 7) is 2.58. The maximum atomic E-state index is 10.6. The number of aryl methyl sites for hydroxylation is 1. The van der Waals surface area contributed by atoms with Crippen molar-refractivity contribution in [1.29, 1.82) is 0 Å². The molecule has 19 heavy (non-hydrogen) atoms. The summed E-state index contributed by atoms with van der Waals surface area (Å²) in [5, 5.41) is 21.1. The van der Waals surface area contributed by atoms with E-state index in [1.54, 1.807) is 0 Å². The Morgan fingerprint density at radius 3 is 2.58 bits per heavy atom. The van der Waals surface area contributed by atoms with E-state index < -0.39 is 11.9 Å². The quantitative estimate of drug-likeness (QED) is 0.601. The number of hydrogen-bond acceptors (Lipinski definition) is 5. The van der Waals surface area contributed by atoms with Crippen molar-refractivity contribution in [2.24, 2.45) is 0 Å². The third-order valence-corrected chi connectivity index (χ3v) is 3.53. The van der Waals surface area contributed by atoms with Crippen molar-refractivity contribution in [3.63, 3.8) is 0 Å². The highest BCUT2D eigenvalue weighted by Crippen LogP contribution is 2.22. The number of anilines is 1. The van der Waals surface area contributed by atoms with Crippen molar-refractivity contribution in [3.05, 3.63) is 10.6 Å². The Bertz CT molecular complexity index is 445. The lowest BCUT2D eigenvalue weighted by atomic mass is 10.2. The number of aliphatic carboxylic acids is 2. The zero-order valence-corrected chi connectivity index (χ0v) is 11.6. The van der Waals surface area contributed by atoms with Gasteiger partial charge in [-0.25, -0.2) is 4.98 Å². The summed E-state index contributed by atoms with van der Waals surface area (Å²) in [5.74, 6) is -1.64. The fourth-order valence-corrected chi connectivity index (χ4v) is 2.44. The Labute approximate surface area is 115 Å². The van der Waals surface area contributed by atoms with Gasteiger partial charge >= 0.3 is 11.9 Å². The summed E-state index contributed by atoms with van der Waals surface area (Å²) >= 11 is 1.45. The summed E-state index contributed by atoms with van der Waals surface area (Å²) in [6.07, 6.45) is 2.56. The third-order valence-electron chi connectivity index (χ3n) is 2.55. The molecule has 0 fully saturated rings. The van der Waals surface area contributed by atoms with Gasteiger partial charge in [-0.3, -0.25) is 9.59 Å². The van der Waals surface area contributed by atoms with Crippen LogP contribution in [0.25, 0.3) is 0 Å². The lowest BCUT2D eigenvalue weighted by Gasteiger charge is -2.01. The molecule has 1 rings (SSSR count). The molecule has 0 atom stereocenters. The minimum absolute atomic E-state index is 0.0530. The van der Waals surface area contributed by atoms with Crippen LogP contribution < -0.4 is 5.32 Å². The first-order chi connectivity index (χ1) is 8.99. The minimum Gasteiger partial charge on any atom is -0.481 e. The molecule has 0 amide bonds. The SMILES string of the molecule is Cc1sc(NCCCCCC(=O)O)nc1CC(=O)O. The van der Waals surface area contributed by atoms with Gasteiger partial charge in [0.1, 0.15) is 0 Å². The summed E-state index contributed by atoms with van der Waals surface area (Å²) in [4.78, 5) is 26.1. The monoisotopic (exact) mass is 286 g/mol. The van der Waals surface area contributed by atoms with Crippen LogP contribution in [-0.2, 0) is 16.0 Å². The molecular formula is C12H18N2O4S. The number of nitrogens with one attached hydrogen (secondary N) is 1. The fraction of sp³-hybridized carbons (Fsp3) is 0.583. The van der Waals surface area contributed by atoms with Crippen LogP contribution in [-0.4, -0.2) is 33.7 Å². The van der Waals surface area contributed by atoms with E-state index in [2.05, 4.69) is 10.3 Å². The topological polar surface area (TPSA) is 99.5 Å². The van der Waals surface area contributed by atoms with Crippen LogP contribution in [0.5, 0.6) is 0 Å². The first-order valence-corrected chi connectivity index (χ1v) is 6.94. The normalized spacial score (nSPS) is 10.4. The maximum absolute atomic E-state index is 10.6. The highest BCUT2D eigenvalue weighted by molar-refractivity contribution is 7.15. The second-order valence-electron chi connectivity index (χ2n) is 4.22. The highest BCUT2D eigenvalue weighted by Gasteiger charge is 2.10. The number of rotatable bonds is 9. The van der Waals surface area contributed by atoms with Crippen LogP contribution in [0.3, 0.4) is 0 Å². The van der Waals surface area contributed by atoms with Crippen LogP contribution in [0.15, 0.2) is 0 Å². The number of carboxylic acids is 2. The number of carboxylic acid groups (broad SMARTS) is 2. The number of unbranched alkanes of at least 4 members (excludes halogenated alkanes) is 2. The van der Waals surface area contributed by atoms with Gasteiger partial charge in [0.25, 0.3) is 0 Å². The van der Waals surface area contributed by atoms with E-state index in [-0.39, 0.29) is 12.8 Å². The summed E-state index contributed by atoms with van der Waals surface area (Å²) in [6, 6.07) is 0. The molecule has 0 bridgehead atoms. The molecule has 7 heteroatoms. The first kappa shape index (κ1) is 15.4. The second kappa shape index (κ2) is 7.73. The Morgan fingerprint density at radius 2 is 1.95 bits per heavy atom. The van der Waals surface area contributed by atoms with Crippen LogP contribution in [0, 0.1) is 6.92 Å². The molecule has 0 unspecified atom stereocenters. The summed E-state index contributed by atoms with van der Waals surface area (Å²) < 4.78 is 0. The van der Waals surface area contributed by atoms with Crippen LogP contribution in [0.2, 0.25) is 0 Å². The van der Waals surface area contributed by atoms with Crippen molar-refractivity contribution >= 4 is 28.4 Å². The Morgan fingerprint density at radius 1 is 1.21 bits per heavy atom. The molecule has 1 aromatic heterocycles. The second-order valence-corrected chi connectivity index (χ2v) is 5.43. The molecule has 0 aromatic carbocycles. The number of hydrogen-bond donors (Lipinski definition) is 3. The number of nitrogens with zero attached hydrogens (tertiary/aromatic N) is 1. The van der Waals surface area contributed by atoms with Crippen molar-refractivity contribution in [3.8, 4) is 0 Å². The number of aromatic nitrogens is 1. The van der Waals surface area contributed by atoms with Crippen molar-refractivity contribution in [2.45, 2.75) is 39.0 Å². The highest BCUT2D eigenvalue weighted by atomic mass is 32.1. The van der Waals surface area contributed by atoms with Crippen molar-refractivity contribution in [2.75, 3.05) is 11.9 Å². The van der Waals surface area contributed by atoms with Gasteiger partial charge in [0.05, 0.1) is 12.1 Å². The van der Waals surface area contributed by atoms with Gasteiger partial charge in [-0.2, -0.15) is 0 Å². The van der Waals surface area contributed by atoms with E-state index in [1.165, 1.54) is 11.3 Å². The smallest absolute Gasteiger partial charge is 0.309 e. The van der Waals surface area contributed by atoms with Gasteiger partial charge in [0, 0.05) is 17.8 Å². The molecule has 0 spiro atoms. The molecule has 3 N–H and O–H groups in total. The van der Waals surface area contributed by atoms with Crippen molar-refractivity contribution < 1.29 is 19.8 Å². The van der Waals surface area contributed by atoms with Crippen molar-refractivity contribution in [1.82, 2.24) is 4.98 Å². The zero-order chi connectivity index (χ0) is 14.3. The average Bonchev–Trinajstić information content (AvgIpc) is 2.63. The van der Waals surface area contributed by atoms with E-state index in [4.69, 9.17) is 10.2 Å².